The van der Waals surface area contributed by atoms with E-state index in [-0.39, 0.29) is 39.1 Å². The van der Waals surface area contributed by atoms with Crippen molar-refractivity contribution < 1.29 is 42.8 Å². The molecule has 0 aliphatic heterocycles. The molecular formula is C20H32O9. The van der Waals surface area contributed by atoms with Crippen LogP contribution in [0.1, 0.15) is 27.7 Å². The minimum Gasteiger partial charge on any atom is -0.463 e. The number of carbonyl (C=O) groups is 3. The molecule has 9 nitrogen and oxygen atoms in total. The Morgan fingerprint density at radius 3 is 1.83 bits per heavy atom. The van der Waals surface area contributed by atoms with E-state index in [1.807, 2.05) is 0 Å². The molecule has 0 saturated heterocycles. The second-order valence-electron chi connectivity index (χ2n) is 6.34. The van der Waals surface area contributed by atoms with Gasteiger partial charge in [0.1, 0.15) is 24.9 Å². The van der Waals surface area contributed by atoms with Crippen LogP contribution in [-0.2, 0) is 42.8 Å². The summed E-state index contributed by atoms with van der Waals surface area (Å²) in [6, 6.07) is 0. The molecule has 0 fully saturated rings. The monoisotopic (exact) mass is 416 g/mol. The van der Waals surface area contributed by atoms with E-state index in [2.05, 4.69) is 13.2 Å². The molecule has 29 heavy (non-hydrogen) atoms. The fraction of sp³-hybridized carbons (Fsp3) is 0.650. The average molecular weight is 416 g/mol. The molecule has 0 N–H and O–H groups in total. The van der Waals surface area contributed by atoms with Crippen molar-refractivity contribution in [3.63, 3.8) is 0 Å². The molecule has 0 amide bonds. The van der Waals surface area contributed by atoms with Crippen LogP contribution in [0.25, 0.3) is 0 Å². The highest BCUT2D eigenvalue weighted by molar-refractivity contribution is 5.81. The van der Waals surface area contributed by atoms with Gasteiger partial charge in [0.2, 0.25) is 0 Å². The van der Waals surface area contributed by atoms with Gasteiger partial charge in [0, 0.05) is 19.1 Å². The molecule has 0 bridgehead atoms. The van der Waals surface area contributed by atoms with Gasteiger partial charge in [-0.15, -0.1) is 0 Å². The molecule has 4 atom stereocenters. The lowest BCUT2D eigenvalue weighted by Gasteiger charge is -2.23. The Morgan fingerprint density at radius 1 is 0.759 bits per heavy atom. The van der Waals surface area contributed by atoms with E-state index in [1.165, 1.54) is 6.92 Å². The number of ether oxygens (including phenoxy) is 6. The zero-order valence-corrected chi connectivity index (χ0v) is 17.6. The molecule has 4 unspecified atom stereocenters. The summed E-state index contributed by atoms with van der Waals surface area (Å²) in [4.78, 5) is 33.3. The van der Waals surface area contributed by atoms with Gasteiger partial charge in [-0.25, -0.2) is 9.59 Å². The first-order valence-corrected chi connectivity index (χ1v) is 9.28. The van der Waals surface area contributed by atoms with Crippen molar-refractivity contribution in [1.29, 1.82) is 0 Å². The van der Waals surface area contributed by atoms with Crippen molar-refractivity contribution in [2.24, 2.45) is 0 Å². The van der Waals surface area contributed by atoms with Crippen molar-refractivity contribution in [3.8, 4) is 0 Å². The van der Waals surface area contributed by atoms with E-state index < -0.39 is 36.2 Å². The third kappa shape index (κ3) is 15.4. The van der Waals surface area contributed by atoms with Gasteiger partial charge in [-0.05, 0) is 20.8 Å². The van der Waals surface area contributed by atoms with Crippen LogP contribution in [0.3, 0.4) is 0 Å². The SMILES string of the molecule is C=CC(=O)OC(C)COCC(COC(C)COC(C)=O)OCC(C)OC(=O)C=C. The maximum absolute atomic E-state index is 11.2. The van der Waals surface area contributed by atoms with Crippen LogP contribution >= 0.6 is 0 Å². The summed E-state index contributed by atoms with van der Waals surface area (Å²) in [5.41, 5.74) is 0. The molecule has 0 rings (SSSR count). The van der Waals surface area contributed by atoms with Gasteiger partial charge in [0.25, 0.3) is 0 Å². The van der Waals surface area contributed by atoms with E-state index in [0.29, 0.717) is 0 Å². The Balaban J connectivity index is 4.51. The molecule has 0 aliphatic carbocycles. The molecule has 0 aromatic rings. The van der Waals surface area contributed by atoms with Gasteiger partial charge in [0.05, 0.1) is 32.5 Å². The zero-order chi connectivity index (χ0) is 22.2. The predicted octanol–water partition coefficient (Wildman–Crippen LogP) is 1.59. The zero-order valence-electron chi connectivity index (χ0n) is 17.6. The Kier molecular flexibility index (Phi) is 14.5. The average Bonchev–Trinajstić information content (AvgIpc) is 2.67. The van der Waals surface area contributed by atoms with E-state index in [0.717, 1.165) is 12.2 Å². The number of rotatable bonds is 16. The lowest BCUT2D eigenvalue weighted by atomic mass is 10.3. The summed E-state index contributed by atoms with van der Waals surface area (Å²) >= 11 is 0. The predicted molar refractivity (Wildman–Crippen MR) is 104 cm³/mol. The van der Waals surface area contributed by atoms with Crippen molar-refractivity contribution in [2.45, 2.75) is 52.1 Å². The molecule has 0 radical (unpaired) electrons. The van der Waals surface area contributed by atoms with Gasteiger partial charge in [-0.1, -0.05) is 13.2 Å². The van der Waals surface area contributed by atoms with Gasteiger partial charge in [-0.2, -0.15) is 0 Å². The summed E-state index contributed by atoms with van der Waals surface area (Å²) < 4.78 is 31.8. The van der Waals surface area contributed by atoms with E-state index >= 15 is 0 Å². The molecule has 0 saturated carbocycles. The number of hydrogen-bond donors (Lipinski definition) is 0. The topological polar surface area (TPSA) is 107 Å². The minimum absolute atomic E-state index is 0.116. The third-order valence-corrected chi connectivity index (χ3v) is 3.28. The van der Waals surface area contributed by atoms with E-state index in [4.69, 9.17) is 28.4 Å². The first-order valence-electron chi connectivity index (χ1n) is 9.28. The molecule has 0 aromatic heterocycles. The molecule has 0 heterocycles. The van der Waals surface area contributed by atoms with Crippen molar-refractivity contribution in [1.82, 2.24) is 0 Å². The van der Waals surface area contributed by atoms with Crippen molar-refractivity contribution in [2.75, 3.05) is 33.0 Å². The first-order chi connectivity index (χ1) is 13.7. The van der Waals surface area contributed by atoms with Crippen molar-refractivity contribution >= 4 is 17.9 Å². The fourth-order valence-electron chi connectivity index (χ4n) is 1.90. The largest absolute Gasteiger partial charge is 0.463 e. The first kappa shape index (κ1) is 26.8. The molecule has 0 aliphatic rings. The maximum atomic E-state index is 11.2. The van der Waals surface area contributed by atoms with Gasteiger partial charge >= 0.3 is 17.9 Å². The van der Waals surface area contributed by atoms with Crippen LogP contribution in [0.15, 0.2) is 25.3 Å². The van der Waals surface area contributed by atoms with Gasteiger partial charge < -0.3 is 28.4 Å². The summed E-state index contributed by atoms with van der Waals surface area (Å²) in [6.45, 7) is 13.8. The molecule has 0 spiro atoms. The summed E-state index contributed by atoms with van der Waals surface area (Å²) in [7, 11) is 0. The number of carbonyl (C=O) groups excluding carboxylic acids is 3. The van der Waals surface area contributed by atoms with E-state index in [1.54, 1.807) is 20.8 Å². The number of hydrogen-bond acceptors (Lipinski definition) is 9. The highest BCUT2D eigenvalue weighted by atomic mass is 16.6. The lowest BCUT2D eigenvalue weighted by molar-refractivity contribution is -0.154. The lowest BCUT2D eigenvalue weighted by Crippen LogP contribution is -2.33. The molecule has 9 heteroatoms. The number of esters is 3. The van der Waals surface area contributed by atoms with E-state index in [9.17, 15) is 14.4 Å². The molecule has 166 valence electrons. The summed E-state index contributed by atoms with van der Waals surface area (Å²) in [5, 5.41) is 0. The normalized spacial score (nSPS) is 14.8. The summed E-state index contributed by atoms with van der Waals surface area (Å²) in [6.07, 6.45) is 0.372. The fourth-order valence-corrected chi connectivity index (χ4v) is 1.90. The maximum Gasteiger partial charge on any atom is 0.330 e. The smallest absolute Gasteiger partial charge is 0.330 e. The third-order valence-electron chi connectivity index (χ3n) is 3.28. The second kappa shape index (κ2) is 15.7. The van der Waals surface area contributed by atoms with Crippen LogP contribution in [0.2, 0.25) is 0 Å². The highest BCUT2D eigenvalue weighted by Gasteiger charge is 2.17. The molecular weight excluding hydrogens is 384 g/mol. The van der Waals surface area contributed by atoms with Crippen LogP contribution in [-0.4, -0.2) is 75.4 Å². The summed E-state index contributed by atoms with van der Waals surface area (Å²) in [5.74, 6) is -1.47. The Bertz CT molecular complexity index is 532. The van der Waals surface area contributed by atoms with Crippen LogP contribution in [0.4, 0.5) is 0 Å². The highest BCUT2D eigenvalue weighted by Crippen LogP contribution is 2.04. The van der Waals surface area contributed by atoms with Crippen molar-refractivity contribution in [3.05, 3.63) is 25.3 Å². The Hall–Kier alpha value is -2.23. The minimum atomic E-state index is -0.544. The van der Waals surface area contributed by atoms with Crippen LogP contribution in [0.5, 0.6) is 0 Å². The second-order valence-corrected chi connectivity index (χ2v) is 6.34. The standard InChI is InChI=1S/C20H32O9/c1-7-19(22)28-15(4)9-24-12-18(13-25-14(3)10-26-17(6)21)27-11-16(5)29-20(23)8-2/h7-8,14-16,18H,1-2,9-13H2,3-6H3. The Morgan fingerprint density at radius 2 is 1.31 bits per heavy atom. The molecule has 0 aromatic carbocycles. The Labute approximate surface area is 171 Å². The van der Waals surface area contributed by atoms with Gasteiger partial charge in [0.15, 0.2) is 0 Å². The quantitative estimate of drug-likeness (QED) is 0.211. The van der Waals surface area contributed by atoms with Gasteiger partial charge in [-0.3, -0.25) is 4.79 Å². The van der Waals surface area contributed by atoms with Crippen LogP contribution < -0.4 is 0 Å². The van der Waals surface area contributed by atoms with Crippen LogP contribution in [0, 0.1) is 0 Å².